The molecule has 0 aromatic carbocycles. The molecule has 0 bridgehead atoms. The van der Waals surface area contributed by atoms with Crippen LogP contribution < -0.4 is 15.4 Å². The fourth-order valence-corrected chi connectivity index (χ4v) is 1.36. The number of pyridine rings is 1. The highest BCUT2D eigenvalue weighted by molar-refractivity contribution is 7.80. The number of nitrogens with one attached hydrogen (secondary N) is 2. The molecule has 1 heterocycles. The first kappa shape index (κ1) is 13.7. The zero-order chi connectivity index (χ0) is 12.7. The monoisotopic (exact) mass is 254 g/mol. The highest BCUT2D eigenvalue weighted by atomic mass is 32.1. The maximum Gasteiger partial charge on any atom is 0.213 e. The van der Waals surface area contributed by atoms with E-state index >= 15 is 0 Å². The first-order valence-corrected chi connectivity index (χ1v) is 5.72. The number of anilines is 1. The van der Waals surface area contributed by atoms with Gasteiger partial charge < -0.3 is 20.3 Å². The van der Waals surface area contributed by atoms with Gasteiger partial charge in [0, 0.05) is 19.2 Å². The lowest BCUT2D eigenvalue weighted by Crippen LogP contribution is -2.34. The highest BCUT2D eigenvalue weighted by Crippen LogP contribution is 2.10. The molecule has 17 heavy (non-hydrogen) atoms. The summed E-state index contributed by atoms with van der Waals surface area (Å²) >= 11 is 5.15. The first-order valence-electron chi connectivity index (χ1n) is 5.31. The molecule has 0 spiro atoms. The van der Waals surface area contributed by atoms with Gasteiger partial charge in [0.05, 0.1) is 19.0 Å². The molecule has 1 aromatic heterocycles. The molecule has 1 rings (SSSR count). The average molecular weight is 254 g/mol. The average Bonchev–Trinajstić information content (AvgIpc) is 2.29. The van der Waals surface area contributed by atoms with E-state index in [2.05, 4.69) is 20.5 Å². The molecule has 6 heteroatoms. The number of likely N-dealkylation sites (N-methyl/N-ethyl adjacent to an activating group) is 1. The Bertz CT molecular complexity index is 353. The summed E-state index contributed by atoms with van der Waals surface area (Å²) in [7, 11) is 5.62. The Labute approximate surface area is 107 Å². The van der Waals surface area contributed by atoms with Gasteiger partial charge in [-0.3, -0.25) is 0 Å². The number of aromatic nitrogens is 1. The van der Waals surface area contributed by atoms with Crippen molar-refractivity contribution in [2.75, 3.05) is 39.6 Å². The van der Waals surface area contributed by atoms with Gasteiger partial charge in [-0.1, -0.05) is 0 Å². The van der Waals surface area contributed by atoms with E-state index in [0.29, 0.717) is 11.0 Å². The van der Waals surface area contributed by atoms with Crippen LogP contribution in [0.1, 0.15) is 0 Å². The Hall–Kier alpha value is -1.40. The van der Waals surface area contributed by atoms with E-state index in [-0.39, 0.29) is 0 Å². The van der Waals surface area contributed by atoms with Crippen molar-refractivity contribution in [3.05, 3.63) is 18.3 Å². The van der Waals surface area contributed by atoms with Crippen LogP contribution in [-0.2, 0) is 0 Å². The molecule has 2 N–H and O–H groups in total. The Kier molecular flexibility index (Phi) is 5.65. The van der Waals surface area contributed by atoms with Crippen LogP contribution in [0.2, 0.25) is 0 Å². The quantitative estimate of drug-likeness (QED) is 0.763. The fourth-order valence-electron chi connectivity index (χ4n) is 1.14. The number of nitrogens with zero attached hydrogens (tertiary/aromatic N) is 2. The van der Waals surface area contributed by atoms with Crippen LogP contribution in [0.25, 0.3) is 0 Å². The standard InChI is InChI=1S/C11H18N4OS/c1-15(2)7-6-12-11(17)14-9-4-5-10(16-3)13-8-9/h4-5,8H,6-7H2,1-3H3,(H2,12,14,17). The van der Waals surface area contributed by atoms with Gasteiger partial charge in [-0.2, -0.15) is 0 Å². The molecule has 0 saturated heterocycles. The summed E-state index contributed by atoms with van der Waals surface area (Å²) in [4.78, 5) is 6.17. The molecule has 0 radical (unpaired) electrons. The molecule has 0 unspecified atom stereocenters. The summed E-state index contributed by atoms with van der Waals surface area (Å²) in [5, 5.41) is 6.76. The Morgan fingerprint density at radius 1 is 1.47 bits per heavy atom. The number of hydrogen-bond acceptors (Lipinski definition) is 4. The molecule has 0 saturated carbocycles. The summed E-state index contributed by atoms with van der Waals surface area (Å²) in [5.41, 5.74) is 0.841. The molecule has 0 atom stereocenters. The minimum absolute atomic E-state index is 0.585. The molecule has 0 aliphatic heterocycles. The largest absolute Gasteiger partial charge is 0.481 e. The van der Waals surface area contributed by atoms with Crippen molar-refractivity contribution in [2.45, 2.75) is 0 Å². The van der Waals surface area contributed by atoms with Crippen LogP contribution in [0.3, 0.4) is 0 Å². The SMILES string of the molecule is COc1ccc(NC(=S)NCCN(C)C)cn1. The maximum atomic E-state index is 5.15. The lowest BCUT2D eigenvalue weighted by Gasteiger charge is -2.13. The second-order valence-electron chi connectivity index (χ2n) is 3.77. The highest BCUT2D eigenvalue weighted by Gasteiger charge is 1.98. The van der Waals surface area contributed by atoms with Crippen LogP contribution in [0.5, 0.6) is 5.88 Å². The number of ether oxygens (including phenoxy) is 1. The molecular formula is C11H18N4OS. The molecule has 1 aromatic rings. The van der Waals surface area contributed by atoms with E-state index in [0.717, 1.165) is 18.8 Å². The minimum atomic E-state index is 0.585. The first-order chi connectivity index (χ1) is 8.11. The zero-order valence-corrected chi connectivity index (χ0v) is 11.2. The van der Waals surface area contributed by atoms with E-state index in [1.807, 2.05) is 20.2 Å². The van der Waals surface area contributed by atoms with Crippen LogP contribution in [0.15, 0.2) is 18.3 Å². The lowest BCUT2D eigenvalue weighted by atomic mass is 10.4. The van der Waals surface area contributed by atoms with E-state index in [1.54, 1.807) is 19.4 Å². The van der Waals surface area contributed by atoms with Crippen LogP contribution in [0.4, 0.5) is 5.69 Å². The van der Waals surface area contributed by atoms with Crippen molar-refractivity contribution < 1.29 is 4.74 Å². The van der Waals surface area contributed by atoms with E-state index in [1.165, 1.54) is 0 Å². The maximum absolute atomic E-state index is 5.15. The van der Waals surface area contributed by atoms with Crippen LogP contribution in [-0.4, -0.2) is 49.3 Å². The fraction of sp³-hybridized carbons (Fsp3) is 0.455. The van der Waals surface area contributed by atoms with E-state index in [9.17, 15) is 0 Å². The van der Waals surface area contributed by atoms with Gasteiger partial charge in [-0.15, -0.1) is 0 Å². The second kappa shape index (κ2) is 7.03. The van der Waals surface area contributed by atoms with Crippen LogP contribution in [0, 0.1) is 0 Å². The Morgan fingerprint density at radius 2 is 2.24 bits per heavy atom. The third-order valence-corrected chi connectivity index (χ3v) is 2.29. The molecule has 0 aliphatic carbocycles. The summed E-state index contributed by atoms with van der Waals surface area (Å²) in [6.07, 6.45) is 1.68. The molecular weight excluding hydrogens is 236 g/mol. The van der Waals surface area contributed by atoms with Crippen molar-refractivity contribution in [2.24, 2.45) is 0 Å². The van der Waals surface area contributed by atoms with Crippen molar-refractivity contribution in [1.29, 1.82) is 0 Å². The van der Waals surface area contributed by atoms with Crippen LogP contribution >= 0.6 is 12.2 Å². The predicted octanol–water partition coefficient (Wildman–Crippen LogP) is 0.938. The Morgan fingerprint density at radius 3 is 2.76 bits per heavy atom. The van der Waals surface area contributed by atoms with Gasteiger partial charge in [0.15, 0.2) is 5.11 Å². The molecule has 0 aliphatic rings. The number of methoxy groups -OCH3 is 1. The van der Waals surface area contributed by atoms with Gasteiger partial charge in [-0.25, -0.2) is 4.98 Å². The predicted molar refractivity (Wildman–Crippen MR) is 73.6 cm³/mol. The van der Waals surface area contributed by atoms with Gasteiger partial charge in [0.2, 0.25) is 5.88 Å². The van der Waals surface area contributed by atoms with E-state index in [4.69, 9.17) is 17.0 Å². The topological polar surface area (TPSA) is 49.4 Å². The molecule has 94 valence electrons. The number of thiocarbonyl (C=S) groups is 1. The third kappa shape index (κ3) is 5.46. The Balaban J connectivity index is 2.34. The minimum Gasteiger partial charge on any atom is -0.481 e. The van der Waals surface area contributed by atoms with Gasteiger partial charge in [-0.05, 0) is 32.4 Å². The number of rotatable bonds is 5. The lowest BCUT2D eigenvalue weighted by molar-refractivity contribution is 0.398. The number of hydrogen-bond donors (Lipinski definition) is 2. The third-order valence-electron chi connectivity index (χ3n) is 2.05. The molecule has 5 nitrogen and oxygen atoms in total. The smallest absolute Gasteiger partial charge is 0.213 e. The zero-order valence-electron chi connectivity index (χ0n) is 10.4. The second-order valence-corrected chi connectivity index (χ2v) is 4.18. The van der Waals surface area contributed by atoms with Gasteiger partial charge in [0.1, 0.15) is 0 Å². The van der Waals surface area contributed by atoms with Crippen molar-refractivity contribution >= 4 is 23.0 Å². The van der Waals surface area contributed by atoms with E-state index < -0.39 is 0 Å². The van der Waals surface area contributed by atoms with Crippen molar-refractivity contribution in [3.63, 3.8) is 0 Å². The summed E-state index contributed by atoms with van der Waals surface area (Å²) in [5.74, 6) is 0.585. The summed E-state index contributed by atoms with van der Waals surface area (Å²) in [6.45, 7) is 1.74. The molecule has 0 fully saturated rings. The molecule has 0 amide bonds. The normalized spacial score (nSPS) is 10.1. The van der Waals surface area contributed by atoms with Gasteiger partial charge in [0.25, 0.3) is 0 Å². The van der Waals surface area contributed by atoms with Crippen molar-refractivity contribution in [3.8, 4) is 5.88 Å². The van der Waals surface area contributed by atoms with Gasteiger partial charge >= 0.3 is 0 Å². The summed E-state index contributed by atoms with van der Waals surface area (Å²) in [6, 6.07) is 3.65. The van der Waals surface area contributed by atoms with Crippen molar-refractivity contribution in [1.82, 2.24) is 15.2 Å². The summed E-state index contributed by atoms with van der Waals surface area (Å²) < 4.78 is 4.97.